The van der Waals surface area contributed by atoms with Gasteiger partial charge in [0.05, 0.1) is 11.6 Å². The van der Waals surface area contributed by atoms with Gasteiger partial charge in [0.25, 0.3) is 0 Å². The van der Waals surface area contributed by atoms with Crippen LogP contribution in [-0.2, 0) is 23.2 Å². The highest BCUT2D eigenvalue weighted by atomic mass is 35.5. The van der Waals surface area contributed by atoms with Crippen molar-refractivity contribution in [2.24, 2.45) is 29.5 Å². The molecule has 5 N–H and O–H groups in total. The number of benzene rings is 1. The summed E-state index contributed by atoms with van der Waals surface area (Å²) in [5, 5.41) is 17.8. The van der Waals surface area contributed by atoms with Crippen molar-refractivity contribution in [2.45, 2.75) is 106 Å². The topological polar surface area (TPSA) is 186 Å². The largest absolute Gasteiger partial charge is 0.484 e. The van der Waals surface area contributed by atoms with Crippen LogP contribution >= 0.6 is 23.2 Å². The molecule has 0 bridgehead atoms. The minimum atomic E-state index is -0.717. The van der Waals surface area contributed by atoms with Crippen LogP contribution in [0.15, 0.2) is 34.7 Å². The number of nitrogens with one attached hydrogen (secondary N) is 3. The number of furan rings is 1. The first-order chi connectivity index (χ1) is 26.2. The monoisotopic (exact) mass is 813 g/mol. The number of halogens is 2. The van der Waals surface area contributed by atoms with Crippen molar-refractivity contribution in [2.75, 3.05) is 19.6 Å². The summed E-state index contributed by atoms with van der Waals surface area (Å²) in [6, 6.07) is 7.40. The summed E-state index contributed by atoms with van der Waals surface area (Å²) in [5.74, 6) is -0.200. The van der Waals surface area contributed by atoms with E-state index < -0.39 is 17.2 Å². The van der Waals surface area contributed by atoms with Crippen molar-refractivity contribution in [3.05, 3.63) is 68.8 Å². The number of amides is 2. The van der Waals surface area contributed by atoms with Gasteiger partial charge in [-0.25, -0.2) is 0 Å². The Hall–Kier alpha value is -4.36. The molecule has 306 valence electrons. The summed E-state index contributed by atoms with van der Waals surface area (Å²) in [5.41, 5.74) is 6.38. The standard InChI is InChI=1S/C41H57Cl2N7O6/c1-9-16-41(6,7)21-24(2)19-29(47-39(44)45)38(54)46-22-33(51)50-17-14-25(15-18-50)30-20-28(48-49(30)8)36(52)27-11-13-31(35(43)34(27)42)55-23-26-10-12-32(56-26)37(53)40(3,4)5/h10-13,20,24-25,29H,9,14-19,21-23H2,1-8H3,(H,46,54)(H4,44,45,47)/t24?,29-/m1/s1. The second-order valence-electron chi connectivity index (χ2n) is 16.7. The number of nitrogens with two attached hydrogens (primary N) is 1. The van der Waals surface area contributed by atoms with Crippen LogP contribution in [0.1, 0.15) is 131 Å². The van der Waals surface area contributed by atoms with Gasteiger partial charge in [0.1, 0.15) is 34.9 Å². The molecule has 3 aromatic rings. The second kappa shape index (κ2) is 18.7. The molecule has 2 amide bonds. The first-order valence-electron chi connectivity index (χ1n) is 19.2. The number of aromatic nitrogens is 2. The Kier molecular flexibility index (Phi) is 14.8. The van der Waals surface area contributed by atoms with Crippen LogP contribution in [0.2, 0.25) is 10.0 Å². The number of likely N-dealkylation sites (tertiary alicyclic amines) is 1. The van der Waals surface area contributed by atoms with Gasteiger partial charge >= 0.3 is 0 Å². The summed E-state index contributed by atoms with van der Waals surface area (Å²) in [6.07, 6.45) is 4.86. The van der Waals surface area contributed by atoms with E-state index >= 15 is 0 Å². The molecule has 0 radical (unpaired) electrons. The second-order valence-corrected chi connectivity index (χ2v) is 17.5. The van der Waals surface area contributed by atoms with Crippen molar-refractivity contribution in [3.63, 3.8) is 0 Å². The van der Waals surface area contributed by atoms with E-state index in [9.17, 15) is 19.2 Å². The van der Waals surface area contributed by atoms with Crippen LogP contribution in [0.3, 0.4) is 0 Å². The normalized spacial score (nSPS) is 14.9. The zero-order valence-electron chi connectivity index (χ0n) is 33.8. The predicted octanol–water partition coefficient (Wildman–Crippen LogP) is 7.28. The number of ketones is 2. The van der Waals surface area contributed by atoms with Crippen molar-refractivity contribution in [3.8, 4) is 5.75 Å². The summed E-state index contributed by atoms with van der Waals surface area (Å²) in [6.45, 7) is 14.9. The van der Waals surface area contributed by atoms with E-state index in [1.165, 1.54) is 6.07 Å². The van der Waals surface area contributed by atoms with Gasteiger partial charge < -0.3 is 30.4 Å². The van der Waals surface area contributed by atoms with Gasteiger partial charge in [-0.3, -0.25) is 29.3 Å². The number of nitrogens with zero attached hydrogens (tertiary/aromatic N) is 3. The van der Waals surface area contributed by atoms with E-state index in [4.69, 9.17) is 43.5 Å². The van der Waals surface area contributed by atoms with Crippen LogP contribution in [0.5, 0.6) is 5.75 Å². The molecule has 1 aliphatic heterocycles. The maximum absolute atomic E-state index is 13.6. The van der Waals surface area contributed by atoms with Gasteiger partial charge in [0, 0.05) is 42.7 Å². The molecule has 2 aromatic heterocycles. The Morgan fingerprint density at radius 2 is 1.75 bits per heavy atom. The fraction of sp³-hybridized carbons (Fsp3) is 0.561. The van der Waals surface area contributed by atoms with E-state index in [0.29, 0.717) is 38.1 Å². The highest BCUT2D eigenvalue weighted by molar-refractivity contribution is 6.45. The fourth-order valence-electron chi connectivity index (χ4n) is 7.48. The Morgan fingerprint density at radius 1 is 1.07 bits per heavy atom. The molecule has 1 aromatic carbocycles. The smallest absolute Gasteiger partial charge is 0.243 e. The lowest BCUT2D eigenvalue weighted by Crippen LogP contribution is -2.52. The number of hydrogen-bond donors (Lipinski definition) is 4. The number of guanidine groups is 1. The molecule has 3 heterocycles. The Bertz CT molecular complexity index is 1910. The average molecular weight is 815 g/mol. The molecule has 13 nitrogen and oxygen atoms in total. The van der Waals surface area contributed by atoms with Gasteiger partial charge in [-0.2, -0.15) is 5.10 Å². The molecular weight excluding hydrogens is 757 g/mol. The van der Waals surface area contributed by atoms with Crippen LogP contribution in [0.4, 0.5) is 0 Å². The minimum Gasteiger partial charge on any atom is -0.484 e. The number of piperidine rings is 1. The van der Waals surface area contributed by atoms with Crippen molar-refractivity contribution in [1.82, 2.24) is 25.3 Å². The zero-order valence-corrected chi connectivity index (χ0v) is 35.3. The lowest BCUT2D eigenvalue weighted by molar-refractivity contribution is -0.134. The number of Topliss-reactive ketones (excluding diaryl/α,β-unsaturated/α-hetero) is 1. The molecule has 15 heteroatoms. The van der Waals surface area contributed by atoms with Gasteiger partial charge in [-0.1, -0.05) is 78.1 Å². The lowest BCUT2D eigenvalue weighted by Gasteiger charge is -2.32. The number of aryl methyl sites for hydroxylation is 1. The molecular formula is C41H57Cl2N7O6. The predicted molar refractivity (Wildman–Crippen MR) is 217 cm³/mol. The highest BCUT2D eigenvalue weighted by Gasteiger charge is 2.31. The minimum absolute atomic E-state index is 0.000193. The van der Waals surface area contributed by atoms with Gasteiger partial charge in [-0.05, 0) is 73.8 Å². The van der Waals surface area contributed by atoms with E-state index in [2.05, 4.69) is 43.4 Å². The summed E-state index contributed by atoms with van der Waals surface area (Å²) >= 11 is 13.1. The van der Waals surface area contributed by atoms with Crippen molar-refractivity contribution < 1.29 is 28.3 Å². The SMILES string of the molecule is CCCC(C)(C)CC(C)C[C@@H](NC(=N)N)C(=O)NCC(=O)N1CCC(c2cc(C(=O)c3ccc(OCc4ccc(C(=O)C(C)(C)C)o4)c(Cl)c3Cl)nn2C)CC1. The maximum atomic E-state index is 13.6. The Morgan fingerprint density at radius 3 is 2.38 bits per heavy atom. The first kappa shape index (κ1) is 44.4. The molecule has 1 unspecified atom stereocenters. The lowest BCUT2D eigenvalue weighted by atomic mass is 9.78. The summed E-state index contributed by atoms with van der Waals surface area (Å²) < 4.78 is 13.2. The molecule has 0 spiro atoms. The molecule has 0 saturated carbocycles. The van der Waals surface area contributed by atoms with Crippen molar-refractivity contribution in [1.29, 1.82) is 5.41 Å². The third-order valence-electron chi connectivity index (χ3n) is 10.2. The molecule has 0 aliphatic carbocycles. The summed E-state index contributed by atoms with van der Waals surface area (Å²) in [7, 11) is 1.77. The zero-order chi connectivity index (χ0) is 41.5. The molecule has 4 rings (SSSR count). The quantitative estimate of drug-likeness (QED) is 0.0618. The number of hydrogen-bond acceptors (Lipinski definition) is 8. The molecule has 1 saturated heterocycles. The first-order valence-corrected chi connectivity index (χ1v) is 19.9. The third kappa shape index (κ3) is 11.6. The van der Waals surface area contributed by atoms with Crippen LogP contribution < -0.4 is 21.1 Å². The van der Waals surface area contributed by atoms with E-state index in [0.717, 1.165) is 25.0 Å². The highest BCUT2D eigenvalue weighted by Crippen LogP contribution is 2.37. The third-order valence-corrected chi connectivity index (χ3v) is 11.0. The van der Waals surface area contributed by atoms with Crippen molar-refractivity contribution >= 4 is 52.5 Å². The van der Waals surface area contributed by atoms with Gasteiger partial charge in [-0.15, -0.1) is 0 Å². The molecule has 1 aliphatic rings. The van der Waals surface area contributed by atoms with Gasteiger partial charge in [0.15, 0.2) is 11.7 Å². The number of carbonyl (C=O) groups is 4. The molecule has 56 heavy (non-hydrogen) atoms. The van der Waals surface area contributed by atoms with E-state index in [1.807, 2.05) is 20.8 Å². The summed E-state index contributed by atoms with van der Waals surface area (Å²) in [4.78, 5) is 54.2. The van der Waals surface area contributed by atoms with Crippen LogP contribution in [-0.4, -0.2) is 69.7 Å². The maximum Gasteiger partial charge on any atom is 0.243 e. The van der Waals surface area contributed by atoms with E-state index in [1.54, 1.807) is 40.9 Å². The molecule has 2 atom stereocenters. The van der Waals surface area contributed by atoms with Gasteiger partial charge in [0.2, 0.25) is 23.4 Å². The Balaban J connectivity index is 1.31. The fourth-order valence-corrected chi connectivity index (χ4v) is 7.94. The average Bonchev–Trinajstić information content (AvgIpc) is 3.76. The molecule has 1 fully saturated rings. The Labute approximate surface area is 339 Å². The van der Waals surface area contributed by atoms with Crippen LogP contribution in [0.25, 0.3) is 0 Å². The number of carbonyl (C=O) groups excluding carboxylic acids is 4. The van der Waals surface area contributed by atoms with E-state index in [-0.39, 0.29) is 86.8 Å². The number of rotatable bonds is 17. The number of ether oxygens (including phenoxy) is 1. The van der Waals surface area contributed by atoms with Crippen LogP contribution in [0, 0.1) is 22.2 Å².